The molecule has 0 radical (unpaired) electrons. The molecule has 0 aromatic heterocycles. The minimum atomic E-state index is -0.287. The van der Waals surface area contributed by atoms with Crippen molar-refractivity contribution in [3.63, 3.8) is 0 Å². The molecule has 26 heavy (non-hydrogen) atoms. The van der Waals surface area contributed by atoms with E-state index in [1.54, 1.807) is 42.6 Å². The Morgan fingerprint density at radius 1 is 0.962 bits per heavy atom. The van der Waals surface area contributed by atoms with E-state index in [0.717, 1.165) is 11.1 Å². The number of hydrazone groups is 1. The van der Waals surface area contributed by atoms with Crippen LogP contribution in [-0.2, 0) is 6.61 Å². The first-order chi connectivity index (χ1) is 12.7. The van der Waals surface area contributed by atoms with Gasteiger partial charge in [0.25, 0.3) is 5.91 Å². The molecule has 0 unspecified atom stereocenters. The molecule has 0 aliphatic rings. The molecular formula is C21H17ClN2O2. The van der Waals surface area contributed by atoms with Gasteiger partial charge < -0.3 is 4.74 Å². The highest BCUT2D eigenvalue weighted by Gasteiger charge is 2.04. The summed E-state index contributed by atoms with van der Waals surface area (Å²) in [6, 6.07) is 24.0. The van der Waals surface area contributed by atoms with E-state index in [1.807, 2.05) is 42.5 Å². The minimum absolute atomic E-state index is 0.287. The normalized spacial score (nSPS) is 10.7. The van der Waals surface area contributed by atoms with Crippen LogP contribution < -0.4 is 10.2 Å². The van der Waals surface area contributed by atoms with Crippen LogP contribution in [0.1, 0.15) is 21.5 Å². The molecule has 0 spiro atoms. The molecule has 130 valence electrons. The molecule has 1 amide bonds. The molecule has 0 saturated carbocycles. The summed E-state index contributed by atoms with van der Waals surface area (Å²) in [7, 11) is 0. The molecule has 3 rings (SSSR count). The second-order valence-electron chi connectivity index (χ2n) is 5.55. The molecule has 0 heterocycles. The first kappa shape index (κ1) is 17.7. The molecule has 4 nitrogen and oxygen atoms in total. The largest absolute Gasteiger partial charge is 0.489 e. The van der Waals surface area contributed by atoms with Crippen molar-refractivity contribution in [3.8, 4) is 5.75 Å². The Labute approximate surface area is 157 Å². The monoisotopic (exact) mass is 364 g/mol. The van der Waals surface area contributed by atoms with Crippen LogP contribution in [-0.4, -0.2) is 12.1 Å². The molecule has 1 N–H and O–H groups in total. The lowest BCUT2D eigenvalue weighted by molar-refractivity contribution is 0.0955. The van der Waals surface area contributed by atoms with Crippen LogP contribution in [0.2, 0.25) is 5.02 Å². The summed E-state index contributed by atoms with van der Waals surface area (Å²) in [5, 5.41) is 4.60. The van der Waals surface area contributed by atoms with Crippen molar-refractivity contribution in [1.29, 1.82) is 0 Å². The molecular weight excluding hydrogens is 348 g/mol. The van der Waals surface area contributed by atoms with E-state index < -0.39 is 0 Å². The van der Waals surface area contributed by atoms with Crippen LogP contribution in [0.4, 0.5) is 0 Å². The van der Waals surface area contributed by atoms with E-state index in [0.29, 0.717) is 22.9 Å². The molecule has 0 saturated heterocycles. The van der Waals surface area contributed by atoms with E-state index in [9.17, 15) is 4.79 Å². The van der Waals surface area contributed by atoms with Crippen LogP contribution in [0.25, 0.3) is 0 Å². The number of amides is 1. The maximum atomic E-state index is 12.1. The molecule has 3 aromatic carbocycles. The van der Waals surface area contributed by atoms with Gasteiger partial charge in [0.05, 0.1) is 6.21 Å². The first-order valence-corrected chi connectivity index (χ1v) is 8.44. The lowest BCUT2D eigenvalue weighted by atomic mass is 10.2. The number of nitrogens with zero attached hydrogens (tertiary/aromatic N) is 1. The minimum Gasteiger partial charge on any atom is -0.489 e. The van der Waals surface area contributed by atoms with Crippen LogP contribution in [0.15, 0.2) is 84.0 Å². The Kier molecular flexibility index (Phi) is 6.01. The summed E-state index contributed by atoms with van der Waals surface area (Å²) < 4.78 is 5.70. The van der Waals surface area contributed by atoms with Crippen molar-refractivity contribution in [3.05, 3.63) is 101 Å². The number of ether oxygens (including phenoxy) is 1. The van der Waals surface area contributed by atoms with Gasteiger partial charge in [-0.05, 0) is 47.5 Å². The summed E-state index contributed by atoms with van der Waals surface area (Å²) in [4.78, 5) is 12.1. The van der Waals surface area contributed by atoms with E-state index >= 15 is 0 Å². The highest BCUT2D eigenvalue weighted by atomic mass is 35.5. The van der Waals surface area contributed by atoms with Crippen molar-refractivity contribution < 1.29 is 9.53 Å². The molecule has 3 aromatic rings. The second kappa shape index (κ2) is 8.83. The number of carbonyl (C=O) groups is 1. The number of halogens is 1. The predicted molar refractivity (Wildman–Crippen MR) is 104 cm³/mol. The zero-order chi connectivity index (χ0) is 18.2. The van der Waals surface area contributed by atoms with Gasteiger partial charge in [0.2, 0.25) is 0 Å². The van der Waals surface area contributed by atoms with Gasteiger partial charge in [0, 0.05) is 10.6 Å². The van der Waals surface area contributed by atoms with Crippen molar-refractivity contribution in [2.75, 3.05) is 0 Å². The van der Waals surface area contributed by atoms with Gasteiger partial charge in [0.1, 0.15) is 12.4 Å². The molecule has 0 fully saturated rings. The number of benzene rings is 3. The lowest BCUT2D eigenvalue weighted by Crippen LogP contribution is -2.17. The average molecular weight is 365 g/mol. The lowest BCUT2D eigenvalue weighted by Gasteiger charge is -2.07. The molecule has 0 aliphatic carbocycles. The maximum Gasteiger partial charge on any atom is 0.271 e. The Bertz CT molecular complexity index is 876. The second-order valence-corrected chi connectivity index (χ2v) is 5.99. The van der Waals surface area contributed by atoms with Crippen LogP contribution in [0.3, 0.4) is 0 Å². The molecule has 0 atom stereocenters. The van der Waals surface area contributed by atoms with Gasteiger partial charge in [-0.25, -0.2) is 5.43 Å². The van der Waals surface area contributed by atoms with Gasteiger partial charge in [-0.1, -0.05) is 54.1 Å². The molecule has 5 heteroatoms. The highest BCUT2D eigenvalue weighted by molar-refractivity contribution is 6.30. The van der Waals surface area contributed by atoms with Crippen LogP contribution in [0.5, 0.6) is 5.75 Å². The van der Waals surface area contributed by atoms with Crippen molar-refractivity contribution in [1.82, 2.24) is 5.43 Å². The van der Waals surface area contributed by atoms with Crippen LogP contribution >= 0.6 is 11.6 Å². The fourth-order valence-electron chi connectivity index (χ4n) is 2.22. The Hall–Kier alpha value is -3.11. The number of nitrogens with one attached hydrogen (secondary N) is 1. The average Bonchev–Trinajstić information content (AvgIpc) is 2.69. The molecule has 0 aliphatic heterocycles. The number of carbonyl (C=O) groups excluding carboxylic acids is 1. The van der Waals surface area contributed by atoms with E-state index in [-0.39, 0.29) is 5.91 Å². The zero-order valence-corrected chi connectivity index (χ0v) is 14.7. The van der Waals surface area contributed by atoms with Crippen molar-refractivity contribution in [2.24, 2.45) is 5.10 Å². The third kappa shape index (κ3) is 5.19. The highest BCUT2D eigenvalue weighted by Crippen LogP contribution is 2.14. The zero-order valence-electron chi connectivity index (χ0n) is 13.9. The predicted octanol–water partition coefficient (Wildman–Crippen LogP) is 4.68. The van der Waals surface area contributed by atoms with Gasteiger partial charge in [-0.3, -0.25) is 4.79 Å². The van der Waals surface area contributed by atoms with E-state index in [1.165, 1.54) is 0 Å². The fourth-order valence-corrected chi connectivity index (χ4v) is 2.35. The SMILES string of the molecule is O=C(N/N=C/c1ccc(Cl)cc1)c1ccc(OCc2ccccc2)cc1. The Morgan fingerprint density at radius 2 is 1.65 bits per heavy atom. The van der Waals surface area contributed by atoms with E-state index in [4.69, 9.17) is 16.3 Å². The van der Waals surface area contributed by atoms with Gasteiger partial charge >= 0.3 is 0 Å². The Balaban J connectivity index is 1.52. The van der Waals surface area contributed by atoms with Crippen molar-refractivity contribution >= 4 is 23.7 Å². The quantitative estimate of drug-likeness (QED) is 0.510. The van der Waals surface area contributed by atoms with Gasteiger partial charge in [-0.15, -0.1) is 0 Å². The molecule has 0 bridgehead atoms. The van der Waals surface area contributed by atoms with Gasteiger partial charge in [0.15, 0.2) is 0 Å². The summed E-state index contributed by atoms with van der Waals surface area (Å²) in [6.07, 6.45) is 1.56. The summed E-state index contributed by atoms with van der Waals surface area (Å²) in [6.45, 7) is 0.484. The standard InChI is InChI=1S/C21H17ClN2O2/c22-19-10-6-16(7-11-19)14-23-24-21(25)18-8-12-20(13-9-18)26-15-17-4-2-1-3-5-17/h1-14H,15H2,(H,24,25)/b23-14+. The van der Waals surface area contributed by atoms with Crippen molar-refractivity contribution in [2.45, 2.75) is 6.61 Å². The number of rotatable bonds is 6. The third-order valence-corrected chi connectivity index (χ3v) is 3.87. The maximum absolute atomic E-state index is 12.1. The van der Waals surface area contributed by atoms with Gasteiger partial charge in [-0.2, -0.15) is 5.10 Å². The first-order valence-electron chi connectivity index (χ1n) is 8.06. The fraction of sp³-hybridized carbons (Fsp3) is 0.0476. The Morgan fingerprint density at radius 3 is 2.35 bits per heavy atom. The topological polar surface area (TPSA) is 50.7 Å². The smallest absolute Gasteiger partial charge is 0.271 e. The number of hydrogen-bond acceptors (Lipinski definition) is 3. The summed E-state index contributed by atoms with van der Waals surface area (Å²) >= 11 is 5.82. The number of hydrogen-bond donors (Lipinski definition) is 1. The van der Waals surface area contributed by atoms with E-state index in [2.05, 4.69) is 10.5 Å². The summed E-state index contributed by atoms with van der Waals surface area (Å²) in [5.74, 6) is 0.417. The summed E-state index contributed by atoms with van der Waals surface area (Å²) in [5.41, 5.74) is 4.94. The third-order valence-electron chi connectivity index (χ3n) is 3.61. The van der Waals surface area contributed by atoms with Crippen LogP contribution in [0, 0.1) is 0 Å².